The topological polar surface area (TPSA) is 54.1 Å². The minimum Gasteiger partial charge on any atom is -0.497 e. The molecule has 0 saturated carbocycles. The van der Waals surface area contributed by atoms with Crippen LogP contribution in [0, 0.1) is 0 Å². The van der Waals surface area contributed by atoms with Crippen LogP contribution in [0.2, 0.25) is 5.02 Å². The van der Waals surface area contributed by atoms with Gasteiger partial charge in [-0.2, -0.15) is 0 Å². The second-order valence-corrected chi connectivity index (χ2v) is 7.30. The molecule has 0 unspecified atom stereocenters. The Morgan fingerprint density at radius 2 is 1.89 bits per heavy atom. The lowest BCUT2D eigenvalue weighted by atomic mass is 10.0. The minimum atomic E-state index is 0.0804. The molecule has 146 valence electrons. The normalized spacial score (nSPS) is 12.0. The summed E-state index contributed by atoms with van der Waals surface area (Å²) < 4.78 is 5.33. The summed E-state index contributed by atoms with van der Waals surface area (Å²) >= 11 is 5.95. The van der Waals surface area contributed by atoms with E-state index in [9.17, 15) is 4.79 Å². The molecule has 2 N–H and O–H groups in total. The smallest absolute Gasteiger partial charge is 0.157 e. The van der Waals surface area contributed by atoms with E-state index in [1.165, 1.54) is 5.56 Å². The van der Waals surface area contributed by atoms with Gasteiger partial charge in [0.05, 0.1) is 7.11 Å². The van der Waals surface area contributed by atoms with Crippen LogP contribution in [0.3, 0.4) is 0 Å². The van der Waals surface area contributed by atoms with Crippen molar-refractivity contribution >= 4 is 28.3 Å². The van der Waals surface area contributed by atoms with Gasteiger partial charge < -0.3 is 15.0 Å². The molecule has 0 aliphatic rings. The number of Topliss-reactive ketones (excluding diaryl/α,β-unsaturated/α-hetero) is 1. The molecule has 5 heteroatoms. The third kappa shape index (κ3) is 4.76. The second kappa shape index (κ2) is 8.98. The zero-order valence-electron chi connectivity index (χ0n) is 16.4. The van der Waals surface area contributed by atoms with E-state index in [1.54, 1.807) is 14.0 Å². The molecule has 0 saturated heterocycles. The number of ether oxygens (including phenoxy) is 1. The number of ketones is 1. The fraction of sp³-hybridized carbons (Fsp3) is 0.261. The van der Waals surface area contributed by atoms with Gasteiger partial charge in [-0.25, -0.2) is 0 Å². The van der Waals surface area contributed by atoms with Gasteiger partial charge in [0.15, 0.2) is 5.78 Å². The van der Waals surface area contributed by atoms with Crippen molar-refractivity contribution in [1.82, 2.24) is 10.3 Å². The number of allylic oxidation sites excluding steroid dienone is 2. The molecule has 0 aliphatic heterocycles. The fourth-order valence-corrected chi connectivity index (χ4v) is 3.44. The second-order valence-electron chi connectivity index (χ2n) is 6.87. The average Bonchev–Trinajstić information content (AvgIpc) is 3.09. The maximum atomic E-state index is 12.2. The first-order valence-corrected chi connectivity index (χ1v) is 9.68. The summed E-state index contributed by atoms with van der Waals surface area (Å²) in [5.74, 6) is 0.927. The van der Waals surface area contributed by atoms with E-state index in [1.807, 2.05) is 55.6 Å². The number of hydrogen-bond donors (Lipinski definition) is 2. The number of carbonyl (C=O) groups excluding carboxylic acids is 1. The Labute approximate surface area is 170 Å². The summed E-state index contributed by atoms with van der Waals surface area (Å²) in [4.78, 5) is 15.4. The minimum absolute atomic E-state index is 0.0804. The number of rotatable bonds is 8. The number of nitrogens with one attached hydrogen (secondary N) is 2. The van der Waals surface area contributed by atoms with E-state index >= 15 is 0 Å². The average molecular weight is 397 g/mol. The molecule has 1 aromatic heterocycles. The monoisotopic (exact) mass is 396 g/mol. The lowest BCUT2D eigenvalue weighted by molar-refractivity contribution is -0.113. The lowest BCUT2D eigenvalue weighted by Gasteiger charge is -2.13. The molecule has 2 aromatic carbocycles. The van der Waals surface area contributed by atoms with Crippen LogP contribution < -0.4 is 10.1 Å². The molecule has 0 radical (unpaired) electrons. The van der Waals surface area contributed by atoms with Gasteiger partial charge in [-0.3, -0.25) is 4.79 Å². The summed E-state index contributed by atoms with van der Waals surface area (Å²) in [6, 6.07) is 13.6. The Hall–Kier alpha value is -2.72. The van der Waals surface area contributed by atoms with Gasteiger partial charge >= 0.3 is 0 Å². The SMILES string of the molecule is COc1ccc2[nH]cc(CCN/C(C)=C(/Cc3ccc(Cl)cc3)C(C)=O)c2c1. The van der Waals surface area contributed by atoms with Crippen LogP contribution in [0.1, 0.15) is 25.0 Å². The Morgan fingerprint density at radius 3 is 2.57 bits per heavy atom. The van der Waals surface area contributed by atoms with Gasteiger partial charge in [-0.1, -0.05) is 23.7 Å². The largest absolute Gasteiger partial charge is 0.497 e. The highest BCUT2D eigenvalue weighted by atomic mass is 35.5. The van der Waals surface area contributed by atoms with Crippen molar-refractivity contribution in [2.75, 3.05) is 13.7 Å². The van der Waals surface area contributed by atoms with Crippen molar-refractivity contribution in [3.8, 4) is 5.75 Å². The first-order valence-electron chi connectivity index (χ1n) is 9.31. The molecule has 0 fully saturated rings. The number of aromatic amines is 1. The summed E-state index contributed by atoms with van der Waals surface area (Å²) in [5, 5.41) is 5.27. The van der Waals surface area contributed by atoms with Crippen molar-refractivity contribution in [3.63, 3.8) is 0 Å². The van der Waals surface area contributed by atoms with Crippen molar-refractivity contribution in [2.24, 2.45) is 0 Å². The molecule has 1 heterocycles. The third-order valence-electron chi connectivity index (χ3n) is 4.93. The molecule has 4 nitrogen and oxygen atoms in total. The molecule has 0 amide bonds. The van der Waals surface area contributed by atoms with Gasteiger partial charge in [-0.05, 0) is 61.7 Å². The van der Waals surface area contributed by atoms with E-state index in [-0.39, 0.29) is 5.78 Å². The van der Waals surface area contributed by atoms with Gasteiger partial charge in [0, 0.05) is 46.4 Å². The molecular formula is C23H25ClN2O2. The van der Waals surface area contributed by atoms with Crippen LogP contribution in [-0.4, -0.2) is 24.4 Å². The van der Waals surface area contributed by atoms with Gasteiger partial charge in [-0.15, -0.1) is 0 Å². The quantitative estimate of drug-likeness (QED) is 0.523. The molecule has 28 heavy (non-hydrogen) atoms. The molecule has 0 atom stereocenters. The van der Waals surface area contributed by atoms with Gasteiger partial charge in [0.25, 0.3) is 0 Å². The highest BCUT2D eigenvalue weighted by molar-refractivity contribution is 6.30. The van der Waals surface area contributed by atoms with Gasteiger partial charge in [0.1, 0.15) is 5.75 Å². The molecule has 0 aliphatic carbocycles. The summed E-state index contributed by atoms with van der Waals surface area (Å²) in [7, 11) is 1.67. The predicted octanol–water partition coefficient (Wildman–Crippen LogP) is 5.07. The summed E-state index contributed by atoms with van der Waals surface area (Å²) in [5.41, 5.74) is 5.09. The maximum absolute atomic E-state index is 12.2. The summed E-state index contributed by atoms with van der Waals surface area (Å²) in [6.45, 7) is 4.32. The first-order chi connectivity index (χ1) is 13.5. The van der Waals surface area contributed by atoms with Crippen LogP contribution in [-0.2, 0) is 17.6 Å². The Balaban J connectivity index is 1.69. The van der Waals surface area contributed by atoms with Crippen molar-refractivity contribution in [1.29, 1.82) is 0 Å². The van der Waals surface area contributed by atoms with E-state index in [0.717, 1.165) is 46.5 Å². The Kier molecular flexibility index (Phi) is 6.42. The van der Waals surface area contributed by atoms with Crippen molar-refractivity contribution in [3.05, 3.63) is 76.1 Å². The van der Waals surface area contributed by atoms with E-state index < -0.39 is 0 Å². The van der Waals surface area contributed by atoms with Crippen LogP contribution in [0.25, 0.3) is 10.9 Å². The first kappa shape index (κ1) is 20.0. The lowest BCUT2D eigenvalue weighted by Crippen LogP contribution is -2.19. The van der Waals surface area contributed by atoms with Crippen molar-refractivity contribution in [2.45, 2.75) is 26.7 Å². The third-order valence-corrected chi connectivity index (χ3v) is 5.18. The number of aromatic nitrogens is 1. The zero-order chi connectivity index (χ0) is 20.1. The number of methoxy groups -OCH3 is 1. The highest BCUT2D eigenvalue weighted by Crippen LogP contribution is 2.24. The van der Waals surface area contributed by atoms with Crippen LogP contribution in [0.15, 0.2) is 59.9 Å². The Morgan fingerprint density at radius 1 is 1.14 bits per heavy atom. The van der Waals surface area contributed by atoms with E-state index in [0.29, 0.717) is 11.4 Å². The van der Waals surface area contributed by atoms with Crippen LogP contribution in [0.5, 0.6) is 5.75 Å². The van der Waals surface area contributed by atoms with Gasteiger partial charge in [0.2, 0.25) is 0 Å². The number of halogens is 1. The van der Waals surface area contributed by atoms with Crippen molar-refractivity contribution < 1.29 is 9.53 Å². The highest BCUT2D eigenvalue weighted by Gasteiger charge is 2.11. The van der Waals surface area contributed by atoms with Crippen LogP contribution >= 0.6 is 11.6 Å². The van der Waals surface area contributed by atoms with E-state index in [2.05, 4.69) is 10.3 Å². The maximum Gasteiger partial charge on any atom is 0.157 e. The molecule has 0 spiro atoms. The molecule has 3 rings (SSSR count). The fourth-order valence-electron chi connectivity index (χ4n) is 3.31. The molecule has 0 bridgehead atoms. The zero-order valence-corrected chi connectivity index (χ0v) is 17.2. The number of H-pyrrole nitrogens is 1. The van der Waals surface area contributed by atoms with E-state index in [4.69, 9.17) is 16.3 Å². The molecule has 3 aromatic rings. The molecular weight excluding hydrogens is 372 g/mol. The number of fused-ring (bicyclic) bond motifs is 1. The summed E-state index contributed by atoms with van der Waals surface area (Å²) in [6.07, 6.45) is 3.47. The number of benzene rings is 2. The van der Waals surface area contributed by atoms with Crippen LogP contribution in [0.4, 0.5) is 0 Å². The Bertz CT molecular complexity index is 1000. The predicted molar refractivity (Wildman–Crippen MR) is 115 cm³/mol. The number of carbonyl (C=O) groups is 1. The standard InChI is InChI=1S/C23H25ClN2O2/c1-15(21(16(2)27)12-17-4-6-19(24)7-5-17)25-11-10-18-14-26-23-9-8-20(28-3)13-22(18)23/h4-9,13-14,25-26H,10-12H2,1-3H3/b21-15-. The number of hydrogen-bond acceptors (Lipinski definition) is 3.